The van der Waals surface area contributed by atoms with Gasteiger partial charge in [0.1, 0.15) is 0 Å². The molecule has 6 nitrogen and oxygen atoms in total. The Kier molecular flexibility index (Phi) is 11.4. The van der Waals surface area contributed by atoms with Crippen molar-refractivity contribution in [2.45, 2.75) is 73.1 Å². The van der Waals surface area contributed by atoms with Crippen molar-refractivity contribution in [3.8, 4) is 0 Å². The van der Waals surface area contributed by atoms with E-state index in [2.05, 4.69) is 60.0 Å². The number of fused-ring (bicyclic) bond motifs is 1. The number of hydrogen-bond acceptors (Lipinski definition) is 4. The summed E-state index contributed by atoms with van der Waals surface area (Å²) < 4.78 is 1.98. The summed E-state index contributed by atoms with van der Waals surface area (Å²) in [6, 6.07) is 2.48. The first-order valence-electron chi connectivity index (χ1n) is 14.0. The van der Waals surface area contributed by atoms with Crippen LogP contribution in [-0.4, -0.2) is 68.5 Å². The van der Waals surface area contributed by atoms with Crippen LogP contribution in [0.25, 0.3) is 11.0 Å². The summed E-state index contributed by atoms with van der Waals surface area (Å²) in [5.41, 5.74) is 3.88. The molecule has 0 aromatic carbocycles. The Hall–Kier alpha value is -2.14. The molecule has 4 rings (SSSR count). The predicted molar refractivity (Wildman–Crippen MR) is 164 cm³/mol. The van der Waals surface area contributed by atoms with Crippen LogP contribution in [-0.2, 0) is 4.79 Å². The number of piperazine rings is 1. The highest BCUT2D eigenvalue weighted by atomic mass is 35.5. The van der Waals surface area contributed by atoms with Crippen molar-refractivity contribution in [2.24, 2.45) is 5.92 Å². The number of aryl methyl sites for hydroxylation is 1. The number of amides is 1. The summed E-state index contributed by atoms with van der Waals surface area (Å²) in [4.78, 5) is 23.4. The molecule has 8 heteroatoms. The number of rotatable bonds is 9. The van der Waals surface area contributed by atoms with Gasteiger partial charge in [-0.3, -0.25) is 9.69 Å². The van der Waals surface area contributed by atoms with Crippen LogP contribution in [0.2, 0.25) is 5.02 Å². The van der Waals surface area contributed by atoms with E-state index in [4.69, 9.17) is 11.6 Å². The Balaban J connectivity index is 0.00000195. The van der Waals surface area contributed by atoms with E-state index in [0.717, 1.165) is 54.6 Å². The zero-order valence-electron chi connectivity index (χ0n) is 24.1. The molecule has 0 saturated carbocycles. The maximum atomic E-state index is 12.1. The number of aromatic nitrogens is 2. The van der Waals surface area contributed by atoms with Crippen LogP contribution in [0.4, 0.5) is 0 Å². The maximum absolute atomic E-state index is 12.1. The smallest absolute Gasteiger partial charge is 0.214 e. The van der Waals surface area contributed by atoms with Gasteiger partial charge in [0.15, 0.2) is 5.65 Å². The molecule has 4 atom stereocenters. The molecule has 2 aromatic rings. The van der Waals surface area contributed by atoms with Gasteiger partial charge in [0.25, 0.3) is 0 Å². The van der Waals surface area contributed by atoms with Crippen molar-refractivity contribution >= 4 is 37.6 Å². The van der Waals surface area contributed by atoms with Gasteiger partial charge in [0, 0.05) is 44.3 Å². The summed E-state index contributed by atoms with van der Waals surface area (Å²) >= 11 is 6.54. The molecule has 3 unspecified atom stereocenters. The van der Waals surface area contributed by atoms with Gasteiger partial charge >= 0.3 is 0 Å². The molecule has 0 radical (unpaired) electrons. The lowest BCUT2D eigenvalue weighted by atomic mass is 10.0. The average molecular weight is 558 g/mol. The third-order valence-electron chi connectivity index (χ3n) is 7.44. The van der Waals surface area contributed by atoms with Gasteiger partial charge < -0.3 is 14.2 Å². The SMILES string of the molecule is C/C=C(\PC1C=CC(N2CCN(CCC(C)CC)[C@@H](C)C2)=CN1C=O)c1cc(Cl)c2nc(C)cn2c1.CC. The predicted octanol–water partition coefficient (Wildman–Crippen LogP) is 7.00. The minimum atomic E-state index is -0.00862. The number of allylic oxidation sites excluding steroid dienone is 2. The van der Waals surface area contributed by atoms with Crippen molar-refractivity contribution in [2.75, 3.05) is 26.2 Å². The second-order valence-corrected chi connectivity index (χ2v) is 11.9. The Morgan fingerprint density at radius 2 is 2.05 bits per heavy atom. The van der Waals surface area contributed by atoms with Crippen LogP contribution in [0.1, 0.15) is 65.6 Å². The first-order valence-corrected chi connectivity index (χ1v) is 15.5. The fourth-order valence-corrected chi connectivity index (χ4v) is 6.47. The van der Waals surface area contributed by atoms with E-state index in [0.29, 0.717) is 19.6 Å². The molecule has 38 heavy (non-hydrogen) atoms. The number of carbonyl (C=O) groups is 1. The van der Waals surface area contributed by atoms with Crippen molar-refractivity contribution in [3.05, 3.63) is 64.9 Å². The summed E-state index contributed by atoms with van der Waals surface area (Å²) in [6.45, 7) is 19.1. The van der Waals surface area contributed by atoms with E-state index in [-0.39, 0.29) is 5.78 Å². The minimum Gasteiger partial charge on any atom is -0.368 e. The first-order chi connectivity index (χ1) is 18.3. The van der Waals surface area contributed by atoms with Gasteiger partial charge in [-0.05, 0) is 62.7 Å². The molecule has 1 fully saturated rings. The molecule has 0 N–H and O–H groups in total. The van der Waals surface area contributed by atoms with Crippen molar-refractivity contribution < 1.29 is 4.79 Å². The van der Waals surface area contributed by atoms with Crippen molar-refractivity contribution in [1.29, 1.82) is 0 Å². The number of pyridine rings is 1. The van der Waals surface area contributed by atoms with Crippen LogP contribution in [0, 0.1) is 12.8 Å². The lowest BCUT2D eigenvalue weighted by Gasteiger charge is -2.43. The molecule has 4 heterocycles. The molecule has 0 bridgehead atoms. The van der Waals surface area contributed by atoms with Crippen LogP contribution in [0.5, 0.6) is 0 Å². The number of hydrogen-bond donors (Lipinski definition) is 0. The Bertz CT molecular complexity index is 1170. The fraction of sp³-hybridized carbons (Fsp3) is 0.533. The van der Waals surface area contributed by atoms with E-state index in [9.17, 15) is 4.79 Å². The quantitative estimate of drug-likeness (QED) is 0.246. The van der Waals surface area contributed by atoms with Crippen molar-refractivity contribution in [3.63, 3.8) is 0 Å². The monoisotopic (exact) mass is 557 g/mol. The molecule has 2 aliphatic rings. The maximum Gasteiger partial charge on any atom is 0.214 e. The summed E-state index contributed by atoms with van der Waals surface area (Å²) in [5, 5.41) is 1.81. The van der Waals surface area contributed by atoms with E-state index in [1.165, 1.54) is 24.7 Å². The van der Waals surface area contributed by atoms with Gasteiger partial charge in [-0.15, -0.1) is 0 Å². The summed E-state index contributed by atoms with van der Waals surface area (Å²) in [5.74, 6) is 0.771. The molecule has 1 amide bonds. The average Bonchev–Trinajstić information content (AvgIpc) is 3.32. The highest BCUT2D eigenvalue weighted by molar-refractivity contribution is 7.51. The highest BCUT2D eigenvalue weighted by Gasteiger charge is 2.27. The van der Waals surface area contributed by atoms with Crippen LogP contribution < -0.4 is 0 Å². The molecular formula is C30H45ClN5OP. The third kappa shape index (κ3) is 7.28. The molecule has 2 aromatic heterocycles. The zero-order valence-corrected chi connectivity index (χ0v) is 25.9. The van der Waals surface area contributed by atoms with Crippen LogP contribution >= 0.6 is 20.2 Å². The standard InChI is InChI=1S/C28H39ClN5OP.C2H6/c1-6-20(3)10-11-31-12-13-32(16-22(31)5)24-8-9-27(34(18-24)19-35)36-26(7-2)23-14-25(29)28-30-21(4)15-33(28)17-23;1-2/h7-9,14-15,17-20,22,27,36H,6,10-13,16H2,1-5H3;1-2H3/b26-7-;/t20?,22-,27?;/m0./s1. The van der Waals surface area contributed by atoms with Crippen molar-refractivity contribution in [1.82, 2.24) is 24.1 Å². The Morgan fingerprint density at radius 3 is 2.71 bits per heavy atom. The van der Waals surface area contributed by atoms with Gasteiger partial charge in [0.2, 0.25) is 6.41 Å². The molecular weight excluding hydrogens is 513 g/mol. The Morgan fingerprint density at radius 1 is 1.29 bits per heavy atom. The lowest BCUT2D eigenvalue weighted by molar-refractivity contribution is -0.116. The van der Waals surface area contributed by atoms with Crippen LogP contribution in [0.3, 0.4) is 0 Å². The number of carbonyl (C=O) groups excluding carboxylic acids is 1. The molecule has 0 aliphatic carbocycles. The zero-order chi connectivity index (χ0) is 27.8. The molecule has 0 spiro atoms. The largest absolute Gasteiger partial charge is 0.368 e. The molecule has 208 valence electrons. The second kappa shape index (κ2) is 14.3. The summed E-state index contributed by atoms with van der Waals surface area (Å²) in [7, 11) is 0.404. The molecule has 1 saturated heterocycles. The van der Waals surface area contributed by atoms with E-state index < -0.39 is 0 Å². The topological polar surface area (TPSA) is 44.1 Å². The fourth-order valence-electron chi connectivity index (χ4n) is 4.94. The number of imidazole rings is 1. The van der Waals surface area contributed by atoms with Gasteiger partial charge in [-0.2, -0.15) is 0 Å². The second-order valence-electron chi connectivity index (χ2n) is 10.1. The minimum absolute atomic E-state index is 0.00862. The van der Waals surface area contributed by atoms with E-state index in [1.54, 1.807) is 0 Å². The normalized spacial score (nSPS) is 21.6. The van der Waals surface area contributed by atoms with Gasteiger partial charge in [-0.1, -0.05) is 66.4 Å². The van der Waals surface area contributed by atoms with Gasteiger partial charge in [0.05, 0.1) is 22.2 Å². The lowest BCUT2D eigenvalue weighted by Crippen LogP contribution is -2.52. The van der Waals surface area contributed by atoms with Crippen LogP contribution in [0.15, 0.2) is 48.6 Å². The Labute approximate surface area is 236 Å². The molecule has 2 aliphatic heterocycles. The number of nitrogens with zero attached hydrogens (tertiary/aromatic N) is 5. The van der Waals surface area contributed by atoms with Gasteiger partial charge in [-0.25, -0.2) is 4.98 Å². The highest BCUT2D eigenvalue weighted by Crippen LogP contribution is 2.41. The van der Waals surface area contributed by atoms with E-state index >= 15 is 0 Å². The summed E-state index contributed by atoms with van der Waals surface area (Å²) in [6.07, 6.45) is 16.0. The first kappa shape index (κ1) is 30.4. The van der Waals surface area contributed by atoms with E-state index in [1.807, 2.05) is 55.5 Å². The third-order valence-corrected chi connectivity index (χ3v) is 9.39. The number of halogens is 1.